The second-order valence-electron chi connectivity index (χ2n) is 6.10. The van der Waals surface area contributed by atoms with Gasteiger partial charge in [-0.15, -0.1) is 0 Å². The molecule has 1 atom stereocenters. The first-order valence-electron chi connectivity index (χ1n) is 7.86. The molecule has 0 aromatic heterocycles. The molecule has 2 amide bonds. The first-order chi connectivity index (χ1) is 11.0. The highest BCUT2D eigenvalue weighted by Crippen LogP contribution is 2.25. The number of piperazine rings is 1. The highest BCUT2D eigenvalue weighted by atomic mass is 19.1. The number of piperidine rings is 1. The lowest BCUT2D eigenvalue weighted by Crippen LogP contribution is -2.47. The number of imide groups is 1. The molecule has 1 aromatic rings. The lowest BCUT2D eigenvalue weighted by atomic mass is 10.1. The van der Waals surface area contributed by atoms with Crippen molar-refractivity contribution in [2.75, 3.05) is 43.4 Å². The van der Waals surface area contributed by atoms with E-state index in [1.807, 2.05) is 4.90 Å². The van der Waals surface area contributed by atoms with Crippen molar-refractivity contribution in [3.8, 4) is 0 Å². The van der Waals surface area contributed by atoms with E-state index in [1.165, 1.54) is 6.07 Å². The summed E-state index contributed by atoms with van der Waals surface area (Å²) in [6.07, 6.45) is 0.720. The summed E-state index contributed by atoms with van der Waals surface area (Å²) in [7, 11) is 2.06. The summed E-state index contributed by atoms with van der Waals surface area (Å²) >= 11 is 0. The van der Waals surface area contributed by atoms with Crippen LogP contribution in [0, 0.1) is 5.82 Å². The van der Waals surface area contributed by atoms with Gasteiger partial charge in [0.05, 0.1) is 5.69 Å². The van der Waals surface area contributed by atoms with Gasteiger partial charge in [0.25, 0.3) is 0 Å². The van der Waals surface area contributed by atoms with Crippen LogP contribution in [0.1, 0.15) is 15.7 Å². The zero-order chi connectivity index (χ0) is 16.4. The Morgan fingerprint density at radius 2 is 2.00 bits per heavy atom. The van der Waals surface area contributed by atoms with Gasteiger partial charge in [0.1, 0.15) is 11.9 Å². The van der Waals surface area contributed by atoms with E-state index in [9.17, 15) is 14.0 Å². The summed E-state index contributed by atoms with van der Waals surface area (Å²) < 4.78 is 14.4. The van der Waals surface area contributed by atoms with Crippen LogP contribution in [0.2, 0.25) is 0 Å². The van der Waals surface area contributed by atoms with E-state index in [4.69, 9.17) is 0 Å². The van der Waals surface area contributed by atoms with Gasteiger partial charge in [-0.2, -0.15) is 0 Å². The maximum absolute atomic E-state index is 14.4. The van der Waals surface area contributed by atoms with Crippen molar-refractivity contribution in [2.24, 2.45) is 0 Å². The number of anilines is 2. The Bertz CT molecular complexity index is 624. The fourth-order valence-electron chi connectivity index (χ4n) is 2.93. The van der Waals surface area contributed by atoms with E-state index < -0.39 is 6.04 Å². The van der Waals surface area contributed by atoms with Crippen LogP contribution >= 0.6 is 0 Å². The van der Waals surface area contributed by atoms with E-state index in [0.29, 0.717) is 24.2 Å². The van der Waals surface area contributed by atoms with E-state index >= 15 is 0 Å². The van der Waals surface area contributed by atoms with Crippen molar-refractivity contribution in [3.63, 3.8) is 0 Å². The number of halogens is 1. The standard InChI is InChI=1S/C16H21FN4O2.2H2/c1-20-6-8-21(9-7-20)14-4-2-11(10-12(14)17)18-13-3-5-15(22)19-16(13)23;;/h2,4,10,13,18H,3,5-9H2,1H3,(H,19,22,23);2*1H. The van der Waals surface area contributed by atoms with Gasteiger partial charge in [-0.25, -0.2) is 4.39 Å². The number of benzene rings is 1. The van der Waals surface area contributed by atoms with Crippen molar-refractivity contribution in [1.29, 1.82) is 0 Å². The molecule has 0 bridgehead atoms. The van der Waals surface area contributed by atoms with Gasteiger partial charge in [0, 0.05) is 41.1 Å². The number of carbonyl (C=O) groups excluding carboxylic acids is 2. The van der Waals surface area contributed by atoms with Crippen molar-refractivity contribution in [2.45, 2.75) is 18.9 Å². The maximum Gasteiger partial charge on any atom is 0.249 e. The fourth-order valence-corrected chi connectivity index (χ4v) is 2.93. The van der Waals surface area contributed by atoms with Gasteiger partial charge in [-0.3, -0.25) is 14.9 Å². The Morgan fingerprint density at radius 3 is 2.65 bits per heavy atom. The SMILES string of the molecule is CN1CCN(c2ccc(NC3CCC(=O)NC3=O)cc2F)CC1.[HH].[HH]. The predicted molar refractivity (Wildman–Crippen MR) is 90.1 cm³/mol. The van der Waals surface area contributed by atoms with Crippen LogP contribution in [0.25, 0.3) is 0 Å². The number of nitrogens with one attached hydrogen (secondary N) is 2. The molecule has 2 aliphatic rings. The van der Waals surface area contributed by atoms with Crippen LogP contribution in [0.15, 0.2) is 18.2 Å². The van der Waals surface area contributed by atoms with E-state index in [0.717, 1.165) is 26.2 Å². The monoisotopic (exact) mass is 324 g/mol. The van der Waals surface area contributed by atoms with Crippen molar-refractivity contribution < 1.29 is 16.8 Å². The molecule has 3 rings (SSSR count). The molecule has 23 heavy (non-hydrogen) atoms. The number of hydrogen-bond acceptors (Lipinski definition) is 5. The van der Waals surface area contributed by atoms with Crippen LogP contribution in [-0.2, 0) is 9.59 Å². The summed E-state index contributed by atoms with van der Waals surface area (Å²) in [5.41, 5.74) is 1.14. The molecule has 2 N–H and O–H groups in total. The maximum atomic E-state index is 14.4. The summed E-state index contributed by atoms with van der Waals surface area (Å²) in [6, 6.07) is 4.44. The van der Waals surface area contributed by atoms with E-state index in [2.05, 4.69) is 22.6 Å². The van der Waals surface area contributed by atoms with Crippen LogP contribution in [0.3, 0.4) is 0 Å². The largest absolute Gasteiger partial charge is 0.374 e. The molecule has 2 saturated heterocycles. The molecule has 0 saturated carbocycles. The predicted octanol–water partition coefficient (Wildman–Crippen LogP) is 1.29. The molecule has 2 fully saturated rings. The zero-order valence-corrected chi connectivity index (χ0v) is 13.1. The normalized spacial score (nSPS) is 22.9. The highest BCUT2D eigenvalue weighted by molar-refractivity contribution is 6.01. The molecule has 0 spiro atoms. The molecule has 0 radical (unpaired) electrons. The summed E-state index contributed by atoms with van der Waals surface area (Å²) in [5, 5.41) is 5.28. The molecule has 7 heteroatoms. The molecular formula is C16H25FN4O2. The van der Waals surface area contributed by atoms with Crippen molar-refractivity contribution in [1.82, 2.24) is 10.2 Å². The minimum atomic E-state index is -0.499. The van der Waals surface area contributed by atoms with Gasteiger partial charge in [-0.1, -0.05) is 0 Å². The van der Waals surface area contributed by atoms with Crippen LogP contribution in [-0.4, -0.2) is 56.0 Å². The van der Waals surface area contributed by atoms with Crippen molar-refractivity contribution >= 4 is 23.2 Å². The molecule has 0 aliphatic carbocycles. The smallest absolute Gasteiger partial charge is 0.249 e. The number of likely N-dealkylation sites (N-methyl/N-ethyl adjacent to an activating group) is 1. The van der Waals surface area contributed by atoms with Gasteiger partial charge in [0.2, 0.25) is 11.8 Å². The molecule has 2 heterocycles. The summed E-state index contributed by atoms with van der Waals surface area (Å²) in [6.45, 7) is 3.42. The Hall–Kier alpha value is -2.15. The quantitative estimate of drug-likeness (QED) is 0.820. The Morgan fingerprint density at radius 1 is 1.26 bits per heavy atom. The van der Waals surface area contributed by atoms with Gasteiger partial charge in [-0.05, 0) is 31.7 Å². The third kappa shape index (κ3) is 3.61. The second kappa shape index (κ2) is 6.54. The third-order valence-corrected chi connectivity index (χ3v) is 4.37. The average molecular weight is 324 g/mol. The lowest BCUT2D eigenvalue weighted by Gasteiger charge is -2.34. The van der Waals surface area contributed by atoms with Crippen LogP contribution in [0.4, 0.5) is 15.8 Å². The van der Waals surface area contributed by atoms with Crippen LogP contribution in [0.5, 0.6) is 0 Å². The molecular weight excluding hydrogens is 299 g/mol. The molecule has 1 aromatic carbocycles. The Balaban J connectivity index is 0.00000156. The number of amides is 2. The molecule has 2 aliphatic heterocycles. The van der Waals surface area contributed by atoms with Gasteiger partial charge < -0.3 is 15.1 Å². The molecule has 6 nitrogen and oxygen atoms in total. The minimum absolute atomic E-state index is 0. The fraction of sp³-hybridized carbons (Fsp3) is 0.500. The Labute approximate surface area is 137 Å². The summed E-state index contributed by atoms with van der Waals surface area (Å²) in [4.78, 5) is 27.1. The zero-order valence-electron chi connectivity index (χ0n) is 13.1. The van der Waals surface area contributed by atoms with E-state index in [-0.39, 0.29) is 20.5 Å². The first kappa shape index (κ1) is 15.7. The van der Waals surface area contributed by atoms with E-state index in [1.54, 1.807) is 12.1 Å². The van der Waals surface area contributed by atoms with Crippen LogP contribution < -0.4 is 15.5 Å². The highest BCUT2D eigenvalue weighted by Gasteiger charge is 2.26. The topological polar surface area (TPSA) is 64.7 Å². The second-order valence-corrected chi connectivity index (χ2v) is 6.10. The van der Waals surface area contributed by atoms with Gasteiger partial charge in [0.15, 0.2) is 0 Å². The number of carbonyl (C=O) groups is 2. The minimum Gasteiger partial charge on any atom is -0.374 e. The Kier molecular flexibility index (Phi) is 4.47. The average Bonchev–Trinajstić information content (AvgIpc) is 2.51. The molecule has 128 valence electrons. The van der Waals surface area contributed by atoms with Gasteiger partial charge >= 0.3 is 0 Å². The first-order valence-corrected chi connectivity index (χ1v) is 7.86. The number of rotatable bonds is 3. The number of nitrogens with zero attached hydrogens (tertiary/aromatic N) is 2. The molecule has 1 unspecified atom stereocenters. The third-order valence-electron chi connectivity index (χ3n) is 4.37. The number of hydrogen-bond donors (Lipinski definition) is 2. The van der Waals surface area contributed by atoms with Crippen molar-refractivity contribution in [3.05, 3.63) is 24.0 Å². The summed E-state index contributed by atoms with van der Waals surface area (Å²) in [5.74, 6) is -0.915. The lowest BCUT2D eigenvalue weighted by molar-refractivity contribution is -0.133.